The Morgan fingerprint density at radius 3 is 0.789 bits per heavy atom. The van der Waals surface area contributed by atoms with E-state index in [1.165, 1.54) is 21.3 Å². The van der Waals surface area contributed by atoms with Gasteiger partial charge in [0.05, 0.1) is 0 Å². The van der Waals surface area contributed by atoms with Crippen molar-refractivity contribution in [3.63, 3.8) is 0 Å². The van der Waals surface area contributed by atoms with Crippen molar-refractivity contribution in [1.29, 1.82) is 0 Å². The summed E-state index contributed by atoms with van der Waals surface area (Å²) in [6, 6.07) is 0. The fourth-order valence-electron chi connectivity index (χ4n) is 0.500. The van der Waals surface area contributed by atoms with Gasteiger partial charge in [-0.25, -0.2) is 0 Å². The molecule has 7 heteroatoms. The molecule has 124 valence electrons. The van der Waals surface area contributed by atoms with E-state index >= 15 is 0 Å². The summed E-state index contributed by atoms with van der Waals surface area (Å²) in [5.74, 6) is 0. The molecule has 19 heavy (non-hydrogen) atoms. The molecule has 0 heterocycles. The molecule has 0 aromatic heterocycles. The molecule has 0 amide bonds. The first-order valence-electron chi connectivity index (χ1n) is 5.99. The standard InChI is InChI=1S/3C4H9O2.Tm/c3*1-3-4(5)6-2;/h3*4H,3H2,1-2H3;/q3*-1;+3. The van der Waals surface area contributed by atoms with Gasteiger partial charge in [-0.3, -0.25) is 0 Å². The van der Waals surface area contributed by atoms with Crippen molar-refractivity contribution >= 4 is 0 Å². The van der Waals surface area contributed by atoms with Crippen LogP contribution in [0, 0.1) is 36.9 Å². The third kappa shape index (κ3) is 32.5. The molecule has 0 bridgehead atoms. The van der Waals surface area contributed by atoms with Gasteiger partial charge in [0.25, 0.3) is 0 Å². The van der Waals surface area contributed by atoms with E-state index in [1.54, 1.807) is 20.8 Å². The minimum absolute atomic E-state index is 0. The van der Waals surface area contributed by atoms with Gasteiger partial charge in [0.1, 0.15) is 0 Å². The molecular weight excluding hydrogens is 409 g/mol. The molecule has 0 aliphatic rings. The van der Waals surface area contributed by atoms with Gasteiger partial charge in [-0.1, -0.05) is 20.8 Å². The van der Waals surface area contributed by atoms with Crippen LogP contribution in [0.25, 0.3) is 0 Å². The third-order valence-corrected chi connectivity index (χ3v) is 1.79. The van der Waals surface area contributed by atoms with E-state index in [4.69, 9.17) is 0 Å². The quantitative estimate of drug-likeness (QED) is 0.506. The van der Waals surface area contributed by atoms with Crippen LogP contribution in [0.5, 0.6) is 0 Å². The SMILES string of the molecule is CCC([O-])OC.CCC([O-])OC.CCC([O-])OC.[Tm+3]. The number of ether oxygens (including phenoxy) is 3. The Morgan fingerprint density at radius 1 is 0.632 bits per heavy atom. The van der Waals surface area contributed by atoms with Crippen LogP contribution in [-0.4, -0.2) is 40.2 Å². The monoisotopic (exact) mass is 436 g/mol. The fourth-order valence-corrected chi connectivity index (χ4v) is 0.500. The number of rotatable bonds is 6. The van der Waals surface area contributed by atoms with E-state index in [0.717, 1.165) is 0 Å². The summed E-state index contributed by atoms with van der Waals surface area (Å²) in [7, 11) is 4.25. The summed E-state index contributed by atoms with van der Waals surface area (Å²) in [5.41, 5.74) is 0. The van der Waals surface area contributed by atoms with Crippen LogP contribution >= 0.6 is 0 Å². The van der Waals surface area contributed by atoms with Gasteiger partial charge in [-0.15, -0.1) is 0 Å². The van der Waals surface area contributed by atoms with Gasteiger partial charge in [0.15, 0.2) is 0 Å². The molecule has 3 atom stereocenters. The number of hydrogen-bond acceptors (Lipinski definition) is 6. The van der Waals surface area contributed by atoms with E-state index in [-0.39, 0.29) is 36.9 Å². The first-order chi connectivity index (χ1) is 8.42. The van der Waals surface area contributed by atoms with Crippen LogP contribution in [0.3, 0.4) is 0 Å². The molecule has 0 aliphatic heterocycles. The van der Waals surface area contributed by atoms with Crippen LogP contribution in [0.15, 0.2) is 0 Å². The Hall–Kier alpha value is 0.994. The van der Waals surface area contributed by atoms with Crippen molar-refractivity contribution in [2.75, 3.05) is 21.3 Å². The number of methoxy groups -OCH3 is 3. The minimum Gasteiger partial charge on any atom is -0.831 e. The maximum atomic E-state index is 10.0. The maximum absolute atomic E-state index is 10.0. The molecule has 0 spiro atoms. The van der Waals surface area contributed by atoms with E-state index in [2.05, 4.69) is 14.2 Å². The van der Waals surface area contributed by atoms with Gasteiger partial charge in [-0.2, -0.15) is 0 Å². The largest absolute Gasteiger partial charge is 3.00 e. The molecule has 0 N–H and O–H groups in total. The average molecular weight is 436 g/mol. The van der Waals surface area contributed by atoms with Crippen molar-refractivity contribution in [2.45, 2.75) is 58.9 Å². The van der Waals surface area contributed by atoms with Crippen molar-refractivity contribution in [1.82, 2.24) is 0 Å². The zero-order valence-electron chi connectivity index (χ0n) is 12.6. The second-order valence-corrected chi connectivity index (χ2v) is 3.22. The van der Waals surface area contributed by atoms with Gasteiger partial charge in [0.2, 0.25) is 0 Å². The van der Waals surface area contributed by atoms with Crippen LogP contribution in [0.2, 0.25) is 0 Å². The molecule has 0 rings (SSSR count). The predicted octanol–water partition coefficient (Wildman–Crippen LogP) is -0.812. The number of hydrogen-bond donors (Lipinski definition) is 0. The summed E-state index contributed by atoms with van der Waals surface area (Å²) < 4.78 is 13.0. The molecule has 0 aromatic carbocycles. The van der Waals surface area contributed by atoms with Crippen LogP contribution in [-0.2, 0) is 14.2 Å². The molecule has 0 saturated heterocycles. The zero-order chi connectivity index (χ0) is 15.0. The molecular formula is C12H27O6Tm. The zero-order valence-corrected chi connectivity index (χ0v) is 14.4. The van der Waals surface area contributed by atoms with Crippen molar-refractivity contribution in [3.8, 4) is 0 Å². The van der Waals surface area contributed by atoms with E-state index in [0.29, 0.717) is 19.3 Å². The molecule has 6 nitrogen and oxygen atoms in total. The van der Waals surface area contributed by atoms with Gasteiger partial charge < -0.3 is 29.5 Å². The Balaban J connectivity index is -0.0000000865. The smallest absolute Gasteiger partial charge is 0.831 e. The topological polar surface area (TPSA) is 96.9 Å². The molecule has 0 aliphatic carbocycles. The Labute approximate surface area is 146 Å². The molecule has 0 saturated carbocycles. The minimum atomic E-state index is -0.815. The molecule has 0 radical (unpaired) electrons. The van der Waals surface area contributed by atoms with Crippen molar-refractivity contribution in [3.05, 3.63) is 0 Å². The second kappa shape index (κ2) is 24.0. The fraction of sp³-hybridized carbons (Fsp3) is 1.00. The van der Waals surface area contributed by atoms with Crippen molar-refractivity contribution < 1.29 is 66.4 Å². The van der Waals surface area contributed by atoms with Crippen molar-refractivity contribution in [2.24, 2.45) is 0 Å². The van der Waals surface area contributed by atoms with Gasteiger partial charge in [0, 0.05) is 21.3 Å². The first kappa shape index (κ1) is 28.2. The molecule has 3 unspecified atom stereocenters. The summed E-state index contributed by atoms with van der Waals surface area (Å²) in [6.07, 6.45) is -0.788. The summed E-state index contributed by atoms with van der Waals surface area (Å²) in [6.45, 7) is 5.38. The summed E-state index contributed by atoms with van der Waals surface area (Å²) >= 11 is 0. The van der Waals surface area contributed by atoms with Gasteiger partial charge in [-0.05, 0) is 38.1 Å². The third-order valence-electron chi connectivity index (χ3n) is 1.79. The van der Waals surface area contributed by atoms with E-state index in [1.807, 2.05) is 0 Å². The van der Waals surface area contributed by atoms with Gasteiger partial charge >= 0.3 is 36.9 Å². The Morgan fingerprint density at radius 2 is 0.789 bits per heavy atom. The molecule has 0 fully saturated rings. The average Bonchev–Trinajstić information content (AvgIpc) is 2.45. The van der Waals surface area contributed by atoms with Crippen LogP contribution in [0.4, 0.5) is 0 Å². The predicted molar refractivity (Wildman–Crippen MR) is 63.3 cm³/mol. The van der Waals surface area contributed by atoms with E-state index in [9.17, 15) is 15.3 Å². The Kier molecular flexibility index (Phi) is 35.7. The molecule has 0 aromatic rings. The van der Waals surface area contributed by atoms with Crippen LogP contribution in [0.1, 0.15) is 40.0 Å². The second-order valence-electron chi connectivity index (χ2n) is 3.22. The summed E-state index contributed by atoms with van der Waals surface area (Å²) in [4.78, 5) is 0. The maximum Gasteiger partial charge on any atom is 3.00 e. The van der Waals surface area contributed by atoms with Crippen LogP contribution < -0.4 is 15.3 Å². The van der Waals surface area contributed by atoms with E-state index < -0.39 is 18.9 Å². The first-order valence-corrected chi connectivity index (χ1v) is 5.99. The Bertz CT molecular complexity index is 104. The summed E-state index contributed by atoms with van der Waals surface area (Å²) in [5, 5.41) is 30.1. The normalized spacial score (nSPS) is 13.7.